The fourth-order valence-corrected chi connectivity index (χ4v) is 6.09. The van der Waals surface area contributed by atoms with Crippen molar-refractivity contribution in [1.82, 2.24) is 5.32 Å². The summed E-state index contributed by atoms with van der Waals surface area (Å²) in [5, 5.41) is 5.42. The lowest BCUT2D eigenvalue weighted by molar-refractivity contribution is -0.141. The lowest BCUT2D eigenvalue weighted by Crippen LogP contribution is -2.41. The highest BCUT2D eigenvalue weighted by Gasteiger charge is 2.45. The fourth-order valence-electron chi connectivity index (χ4n) is 5.30. The molecule has 0 radical (unpaired) electrons. The first-order valence-electron chi connectivity index (χ1n) is 11.9. The van der Waals surface area contributed by atoms with E-state index < -0.39 is 17.8 Å². The molecule has 0 saturated heterocycles. The summed E-state index contributed by atoms with van der Waals surface area (Å²) in [5.74, 6) is -0.0404. The minimum absolute atomic E-state index is 0.0213. The van der Waals surface area contributed by atoms with Crippen molar-refractivity contribution < 1.29 is 23.8 Å². The SMILES string of the molecule is CC1=C(C(=O)OCc2ccccc2)C(c2ccc3c(c2)OCO3)C2C(=O)CC(c3cccs3)C=C2N1. The molecule has 0 bridgehead atoms. The maximum atomic E-state index is 13.7. The van der Waals surface area contributed by atoms with Gasteiger partial charge in [-0.25, -0.2) is 4.79 Å². The lowest BCUT2D eigenvalue weighted by atomic mass is 9.69. The molecule has 1 aliphatic carbocycles. The van der Waals surface area contributed by atoms with E-state index in [0.717, 1.165) is 21.7 Å². The Balaban J connectivity index is 1.40. The Bertz CT molecular complexity index is 1380. The Labute approximate surface area is 213 Å². The number of nitrogens with one attached hydrogen (secondary N) is 1. The zero-order chi connectivity index (χ0) is 24.6. The van der Waals surface area contributed by atoms with E-state index in [1.54, 1.807) is 11.3 Å². The normalized spacial score (nSPS) is 22.5. The summed E-state index contributed by atoms with van der Waals surface area (Å²) >= 11 is 1.65. The summed E-state index contributed by atoms with van der Waals surface area (Å²) in [7, 11) is 0. The van der Waals surface area contributed by atoms with Crippen LogP contribution < -0.4 is 14.8 Å². The highest BCUT2D eigenvalue weighted by molar-refractivity contribution is 7.10. The Morgan fingerprint density at radius 2 is 1.89 bits per heavy atom. The van der Waals surface area contributed by atoms with Crippen LogP contribution in [-0.4, -0.2) is 18.5 Å². The molecule has 3 unspecified atom stereocenters. The highest BCUT2D eigenvalue weighted by atomic mass is 32.1. The summed E-state index contributed by atoms with van der Waals surface area (Å²) in [6.45, 7) is 2.18. The average Bonchev–Trinajstić information content (AvgIpc) is 3.59. The second kappa shape index (κ2) is 9.32. The molecule has 0 fully saturated rings. The number of esters is 1. The van der Waals surface area contributed by atoms with Gasteiger partial charge in [-0.2, -0.15) is 0 Å². The topological polar surface area (TPSA) is 73.9 Å². The number of rotatable bonds is 5. The van der Waals surface area contributed by atoms with Crippen LogP contribution in [-0.2, 0) is 20.9 Å². The van der Waals surface area contributed by atoms with Gasteiger partial charge in [0.25, 0.3) is 0 Å². The molecule has 3 aliphatic rings. The number of carbonyl (C=O) groups excluding carboxylic acids is 2. The number of hydrogen-bond acceptors (Lipinski definition) is 7. The van der Waals surface area contributed by atoms with Crippen LogP contribution in [0.3, 0.4) is 0 Å². The van der Waals surface area contributed by atoms with Gasteiger partial charge in [0.1, 0.15) is 12.4 Å². The molecular weight excluding hydrogens is 474 g/mol. The van der Waals surface area contributed by atoms with Crippen molar-refractivity contribution in [3.8, 4) is 11.5 Å². The van der Waals surface area contributed by atoms with E-state index in [0.29, 0.717) is 29.2 Å². The number of allylic oxidation sites excluding steroid dienone is 3. The maximum absolute atomic E-state index is 13.7. The van der Waals surface area contributed by atoms with E-state index >= 15 is 0 Å². The first kappa shape index (κ1) is 22.6. The predicted molar refractivity (Wildman–Crippen MR) is 136 cm³/mol. The van der Waals surface area contributed by atoms with Crippen molar-refractivity contribution in [2.24, 2.45) is 5.92 Å². The zero-order valence-electron chi connectivity index (χ0n) is 19.7. The molecule has 36 heavy (non-hydrogen) atoms. The van der Waals surface area contributed by atoms with Crippen LogP contribution in [0.25, 0.3) is 0 Å². The van der Waals surface area contributed by atoms with Gasteiger partial charge in [-0.05, 0) is 41.6 Å². The number of Topliss-reactive ketones (excluding diaryl/α,β-unsaturated/α-hetero) is 1. The van der Waals surface area contributed by atoms with E-state index in [2.05, 4.69) is 17.5 Å². The molecule has 3 aromatic rings. The Morgan fingerprint density at radius 3 is 2.69 bits per heavy atom. The Morgan fingerprint density at radius 1 is 1.06 bits per heavy atom. The summed E-state index contributed by atoms with van der Waals surface area (Å²) in [4.78, 5) is 28.4. The van der Waals surface area contributed by atoms with Crippen molar-refractivity contribution in [1.29, 1.82) is 0 Å². The van der Waals surface area contributed by atoms with Crippen LogP contribution in [0.15, 0.2) is 89.1 Å². The molecule has 0 spiro atoms. The number of hydrogen-bond donors (Lipinski definition) is 1. The number of ether oxygens (including phenoxy) is 3. The van der Waals surface area contributed by atoms with Crippen LogP contribution in [0.1, 0.15) is 41.2 Å². The quantitative estimate of drug-likeness (QED) is 0.472. The van der Waals surface area contributed by atoms with Gasteiger partial charge in [0, 0.05) is 34.5 Å². The third-order valence-corrected chi connectivity index (χ3v) is 7.97. The second-order valence-corrected chi connectivity index (χ2v) is 10.2. The van der Waals surface area contributed by atoms with Crippen molar-refractivity contribution in [3.05, 3.63) is 105 Å². The van der Waals surface area contributed by atoms with Crippen LogP contribution in [0.5, 0.6) is 11.5 Å². The van der Waals surface area contributed by atoms with Gasteiger partial charge in [0.2, 0.25) is 6.79 Å². The summed E-state index contributed by atoms with van der Waals surface area (Å²) in [6.07, 6.45) is 2.54. The van der Waals surface area contributed by atoms with E-state index in [4.69, 9.17) is 14.2 Å². The number of ketones is 1. The number of benzene rings is 2. The summed E-state index contributed by atoms with van der Waals surface area (Å²) < 4.78 is 16.9. The monoisotopic (exact) mass is 499 g/mol. The number of thiophene rings is 1. The first-order valence-corrected chi connectivity index (χ1v) is 12.8. The maximum Gasteiger partial charge on any atom is 0.336 e. The van der Waals surface area contributed by atoms with Crippen LogP contribution in [0.4, 0.5) is 0 Å². The van der Waals surface area contributed by atoms with Crippen LogP contribution in [0, 0.1) is 5.92 Å². The van der Waals surface area contributed by atoms with Crippen LogP contribution in [0.2, 0.25) is 0 Å². The van der Waals surface area contributed by atoms with Gasteiger partial charge >= 0.3 is 5.97 Å². The smallest absolute Gasteiger partial charge is 0.336 e. The largest absolute Gasteiger partial charge is 0.457 e. The van der Waals surface area contributed by atoms with Gasteiger partial charge in [-0.15, -0.1) is 11.3 Å². The van der Waals surface area contributed by atoms with Crippen molar-refractivity contribution in [3.63, 3.8) is 0 Å². The number of fused-ring (bicyclic) bond motifs is 2. The Kier molecular flexibility index (Phi) is 5.85. The molecule has 6 nitrogen and oxygen atoms in total. The molecule has 182 valence electrons. The molecule has 3 atom stereocenters. The third kappa shape index (κ3) is 4.09. The van der Waals surface area contributed by atoms with Crippen LogP contribution >= 0.6 is 11.3 Å². The van der Waals surface area contributed by atoms with E-state index in [1.165, 1.54) is 0 Å². The summed E-state index contributed by atoms with van der Waals surface area (Å²) in [5.41, 5.74) is 3.73. The molecule has 1 N–H and O–H groups in total. The Hall–Kier alpha value is -3.84. The van der Waals surface area contributed by atoms with Gasteiger partial charge in [0.05, 0.1) is 11.5 Å². The van der Waals surface area contributed by atoms with Crippen molar-refractivity contribution in [2.75, 3.05) is 6.79 Å². The summed E-state index contributed by atoms with van der Waals surface area (Å²) in [6, 6.07) is 19.3. The van der Waals surface area contributed by atoms with E-state index in [9.17, 15) is 9.59 Å². The van der Waals surface area contributed by atoms with Gasteiger partial charge < -0.3 is 19.5 Å². The lowest BCUT2D eigenvalue weighted by Gasteiger charge is -2.39. The minimum atomic E-state index is -0.510. The fraction of sp³-hybridized carbons (Fsp3) is 0.241. The standard InChI is InChI=1S/C29H25NO5S/c1-17-26(29(32)33-15-18-6-3-2-4-7-18)27(19-9-10-23-24(14-19)35-16-34-23)28-21(30-17)12-20(13-22(28)31)25-8-5-11-36-25/h2-12,14,20,27-28,30H,13,15-16H2,1H3. The van der Waals surface area contributed by atoms with Gasteiger partial charge in [-0.3, -0.25) is 4.79 Å². The third-order valence-electron chi connectivity index (χ3n) is 6.96. The molecular formula is C29H25NO5S. The molecule has 7 heteroatoms. The first-order chi connectivity index (χ1) is 17.6. The second-order valence-electron chi connectivity index (χ2n) is 9.21. The van der Waals surface area contributed by atoms with Gasteiger partial charge in [-0.1, -0.05) is 48.5 Å². The molecule has 3 heterocycles. The van der Waals surface area contributed by atoms with Gasteiger partial charge in [0.15, 0.2) is 11.5 Å². The minimum Gasteiger partial charge on any atom is -0.457 e. The van der Waals surface area contributed by atoms with E-state index in [-0.39, 0.29) is 25.1 Å². The average molecular weight is 500 g/mol. The molecule has 6 rings (SSSR count). The number of carbonyl (C=O) groups is 2. The molecule has 0 saturated carbocycles. The predicted octanol–water partition coefficient (Wildman–Crippen LogP) is 5.44. The molecule has 0 amide bonds. The van der Waals surface area contributed by atoms with Crippen molar-refractivity contribution >= 4 is 23.1 Å². The molecule has 1 aromatic heterocycles. The van der Waals surface area contributed by atoms with Crippen molar-refractivity contribution in [2.45, 2.75) is 31.8 Å². The van der Waals surface area contributed by atoms with E-state index in [1.807, 2.05) is 66.9 Å². The molecule has 2 aromatic carbocycles. The zero-order valence-corrected chi connectivity index (χ0v) is 20.5. The highest BCUT2D eigenvalue weighted by Crippen LogP contribution is 2.48. The molecule has 2 aliphatic heterocycles.